The number of rotatable bonds is 19. The molecule has 1 N–H and O–H groups in total. The Balaban J connectivity index is 0.000000140. The Labute approximate surface area is 695 Å². The van der Waals surface area contributed by atoms with Crippen LogP contribution in [0, 0.1) is 27.7 Å². The van der Waals surface area contributed by atoms with Gasteiger partial charge in [0.25, 0.3) is 0 Å². The lowest BCUT2D eigenvalue weighted by atomic mass is 9.84. The molecule has 0 radical (unpaired) electrons. The van der Waals surface area contributed by atoms with E-state index in [4.69, 9.17) is 48.1 Å². The first-order valence-electron chi connectivity index (χ1n) is 41.2. The van der Waals surface area contributed by atoms with Crippen molar-refractivity contribution in [3.8, 4) is 78.9 Å². The van der Waals surface area contributed by atoms with E-state index < -0.39 is 41.1 Å². The maximum absolute atomic E-state index is 13.3. The van der Waals surface area contributed by atoms with Crippen molar-refractivity contribution in [3.05, 3.63) is 232 Å². The van der Waals surface area contributed by atoms with Crippen molar-refractivity contribution in [1.82, 2.24) is 34.9 Å². The number of aliphatic carboxylic acids is 1. The van der Waals surface area contributed by atoms with E-state index in [1.54, 1.807) is 32.6 Å². The normalized spacial score (nSPS) is 13.9. The largest absolute Gasteiger partial charge is 0.493 e. The molecule has 3 aliphatic rings. The highest BCUT2D eigenvalue weighted by Crippen LogP contribution is 2.51. The number of carboxylic acids is 1. The smallest absolute Gasteiger partial charge is 0.337 e. The molecular formula is C101H103N7O11. The van der Waals surface area contributed by atoms with Crippen molar-refractivity contribution in [2.24, 2.45) is 0 Å². The summed E-state index contributed by atoms with van der Waals surface area (Å²) in [5, 5.41) is 19.7. The van der Waals surface area contributed by atoms with Crippen LogP contribution in [0.25, 0.3) is 121 Å². The molecule has 0 fully saturated rings. The molecule has 18 heteroatoms. The Hall–Kier alpha value is -12.0. The molecule has 119 heavy (non-hydrogen) atoms. The van der Waals surface area contributed by atoms with Gasteiger partial charge in [-0.05, 0) is 288 Å². The third kappa shape index (κ3) is 16.5. The average Bonchev–Trinajstić information content (AvgIpc) is 0.739. The molecule has 0 saturated carbocycles. The maximum atomic E-state index is 13.3. The highest BCUT2D eigenvalue weighted by Gasteiger charge is 2.37. The van der Waals surface area contributed by atoms with Crippen LogP contribution in [0.15, 0.2) is 171 Å². The molecule has 17 rings (SSSR count). The number of carboxylic acid groups (broad SMARTS) is 1. The van der Waals surface area contributed by atoms with E-state index in [9.17, 15) is 19.5 Å². The zero-order valence-corrected chi connectivity index (χ0v) is 71.3. The van der Waals surface area contributed by atoms with Gasteiger partial charge in [0.2, 0.25) is 0 Å². The molecule has 14 aromatic rings. The van der Waals surface area contributed by atoms with Gasteiger partial charge in [0.15, 0.2) is 17.7 Å². The SMILES string of the molecule is CC(=O)[C@@H](OC(C)(C)C)c1c(C)cc2cc(-c3cncnc3C(C)C)ccc2c1-c1ccc2c3c(ccnc13)CCO2.CCC(C)(C)O[C@@H](C(=O)O)c1c(C)cc2cc(C)ccc2c1-c1ccc2c3c(ccnc13)CCO2.CCOc1ncc(-c2ccc3c(-c4ccc5c6c(ccnc46)CCO5)c([C@H](OC(C)(C)C)C(C)=O)c(C)cc3c2)cn1. The number of Topliss-reactive ketones (excluding diaryl/α,β-unsaturated/α-hetero) is 2. The summed E-state index contributed by atoms with van der Waals surface area (Å²) < 4.78 is 42.7. The predicted molar refractivity (Wildman–Crippen MR) is 472 cm³/mol. The molecule has 0 bridgehead atoms. The van der Waals surface area contributed by atoms with Crippen molar-refractivity contribution in [1.29, 1.82) is 0 Å². The van der Waals surface area contributed by atoms with Crippen molar-refractivity contribution >= 4 is 82.6 Å². The van der Waals surface area contributed by atoms with E-state index in [0.29, 0.717) is 44.4 Å². The Bertz CT molecular complexity index is 6330. The number of hydrogen-bond acceptors (Lipinski definition) is 17. The Morgan fingerprint density at radius 1 is 0.454 bits per heavy atom. The van der Waals surface area contributed by atoms with Crippen molar-refractivity contribution < 1.29 is 52.6 Å². The van der Waals surface area contributed by atoms with E-state index in [-0.39, 0.29) is 17.5 Å². The summed E-state index contributed by atoms with van der Waals surface area (Å²) in [5.74, 6) is 1.70. The molecule has 18 nitrogen and oxygen atoms in total. The van der Waals surface area contributed by atoms with Gasteiger partial charge in [0.05, 0.1) is 65.5 Å². The second kappa shape index (κ2) is 33.1. The fraction of sp³-hybridized carbons (Fsp3) is 0.327. The number of nitrogens with zero attached hydrogens (tertiary/aromatic N) is 7. The maximum Gasteiger partial charge on any atom is 0.337 e. The molecule has 3 atom stereocenters. The first-order chi connectivity index (χ1) is 56.9. The van der Waals surface area contributed by atoms with Crippen LogP contribution in [-0.4, -0.2) is 101 Å². The monoisotopic (exact) mass is 1590 g/mol. The van der Waals surface area contributed by atoms with Crippen LogP contribution in [0.3, 0.4) is 0 Å². The van der Waals surface area contributed by atoms with Gasteiger partial charge in [-0.1, -0.05) is 87.0 Å². The minimum atomic E-state index is -1.12. The molecule has 5 aromatic heterocycles. The van der Waals surface area contributed by atoms with E-state index in [1.165, 1.54) is 16.7 Å². The lowest BCUT2D eigenvalue weighted by Crippen LogP contribution is -2.30. The average molecular weight is 1590 g/mol. The van der Waals surface area contributed by atoms with Gasteiger partial charge in [0.1, 0.15) is 35.8 Å². The molecule has 608 valence electrons. The summed E-state index contributed by atoms with van der Waals surface area (Å²) in [6, 6.07) is 44.2. The first kappa shape index (κ1) is 82.2. The fourth-order valence-electron chi connectivity index (χ4n) is 17.1. The van der Waals surface area contributed by atoms with Crippen LogP contribution in [-0.2, 0) is 47.9 Å². The minimum absolute atomic E-state index is 0.0349. The number of aromatic nitrogens is 7. The summed E-state index contributed by atoms with van der Waals surface area (Å²) in [6.07, 6.45) is 13.2. The van der Waals surface area contributed by atoms with E-state index in [2.05, 4.69) is 152 Å². The third-order valence-corrected chi connectivity index (χ3v) is 22.6. The van der Waals surface area contributed by atoms with Crippen LogP contribution in [0.2, 0.25) is 0 Å². The van der Waals surface area contributed by atoms with Gasteiger partial charge in [-0.3, -0.25) is 24.5 Å². The van der Waals surface area contributed by atoms with Crippen LogP contribution < -0.4 is 18.9 Å². The molecule has 0 saturated heterocycles. The summed E-state index contributed by atoms with van der Waals surface area (Å²) in [6.45, 7) is 37.8. The standard InChI is InChI=1S/C36H37N3O3.C35H35N3O4.C30H31NO4/c1-20(2)33-28(18-37-19-39-33)24-8-9-26-25(17-24)16-21(3)30(35(22(4)40)42-36(5,6)7)32(26)27-10-11-29-31-23(13-15-41-29)12-14-38-34(27)31;1-7-40-34-37-18-25(19-38-34)23-8-9-26-24(17-23)16-20(2)29(33(21(3)39)42-35(4,5)6)31(26)27-10-11-28-30-22(13-15-41-28)12-14-36-32(27)30;1-6-30(4,5)35-28(29(32)33)24-18(3)16-20-15-17(2)7-8-21(20)26(24)22-9-10-23-25-19(12-14-34-23)11-13-31-27(22)25/h8-12,14,16-20,35H,13,15H2,1-7H3;8-12,14,16-19,33H,7,13,15H2,1-6H3;7-11,13,15-16,28H,6,12,14H2,1-5H3,(H,32,33)/t35-;33-;28-/m111/s1. The van der Waals surface area contributed by atoms with E-state index in [1.807, 2.05) is 131 Å². The van der Waals surface area contributed by atoms with Gasteiger partial charge in [0, 0.05) is 106 Å². The first-order valence-corrected chi connectivity index (χ1v) is 41.2. The molecule has 0 amide bonds. The Morgan fingerprint density at radius 3 is 1.27 bits per heavy atom. The zero-order chi connectivity index (χ0) is 84.3. The van der Waals surface area contributed by atoms with Gasteiger partial charge < -0.3 is 38.3 Å². The quantitative estimate of drug-likeness (QED) is 0.0794. The number of hydrogen-bond donors (Lipinski definition) is 1. The number of pyridine rings is 3. The van der Waals surface area contributed by atoms with E-state index in [0.717, 1.165) is 196 Å². The molecule has 9 aromatic carbocycles. The number of ketones is 2. The third-order valence-electron chi connectivity index (χ3n) is 22.6. The van der Waals surface area contributed by atoms with Gasteiger partial charge >= 0.3 is 12.0 Å². The molecule has 0 unspecified atom stereocenters. The van der Waals surface area contributed by atoms with Crippen LogP contribution in [0.5, 0.6) is 23.3 Å². The summed E-state index contributed by atoms with van der Waals surface area (Å²) >= 11 is 0. The molecular weight excluding hydrogens is 1490 g/mol. The van der Waals surface area contributed by atoms with E-state index >= 15 is 0 Å². The Morgan fingerprint density at radius 2 is 0.866 bits per heavy atom. The van der Waals surface area contributed by atoms with Crippen LogP contribution >= 0.6 is 0 Å². The number of benzene rings is 9. The van der Waals surface area contributed by atoms with Gasteiger partial charge in [-0.25, -0.2) is 24.7 Å². The molecule has 8 heterocycles. The number of carbonyl (C=O) groups excluding carboxylic acids is 2. The minimum Gasteiger partial charge on any atom is -0.493 e. The van der Waals surface area contributed by atoms with Crippen LogP contribution in [0.1, 0.15) is 189 Å². The highest BCUT2D eigenvalue weighted by atomic mass is 16.5. The zero-order valence-electron chi connectivity index (χ0n) is 71.3. The second-order valence-electron chi connectivity index (χ2n) is 34.3. The number of aryl methyl sites for hydroxylation is 4. The topological polar surface area (TPSA) is 226 Å². The highest BCUT2D eigenvalue weighted by molar-refractivity contribution is 6.13. The molecule has 3 aliphatic heterocycles. The van der Waals surface area contributed by atoms with Gasteiger partial charge in [-0.15, -0.1) is 0 Å². The summed E-state index contributed by atoms with van der Waals surface area (Å²) in [5.41, 5.74) is 21.5. The van der Waals surface area contributed by atoms with Crippen molar-refractivity contribution in [2.75, 3.05) is 26.4 Å². The summed E-state index contributed by atoms with van der Waals surface area (Å²) in [7, 11) is 0. The number of fused-ring (bicyclic) bond motifs is 3. The molecule has 0 spiro atoms. The van der Waals surface area contributed by atoms with Crippen molar-refractivity contribution in [2.45, 2.75) is 191 Å². The van der Waals surface area contributed by atoms with Crippen LogP contribution in [0.4, 0.5) is 0 Å². The number of ether oxygens (including phenoxy) is 7. The van der Waals surface area contributed by atoms with Gasteiger partial charge in [-0.2, -0.15) is 0 Å². The summed E-state index contributed by atoms with van der Waals surface area (Å²) in [4.78, 5) is 71.4. The lowest BCUT2D eigenvalue weighted by molar-refractivity contribution is -0.162. The fourth-order valence-corrected chi connectivity index (χ4v) is 17.1. The lowest BCUT2D eigenvalue weighted by Gasteiger charge is -2.31. The van der Waals surface area contributed by atoms with Crippen molar-refractivity contribution in [3.63, 3.8) is 0 Å². The predicted octanol–water partition coefficient (Wildman–Crippen LogP) is 22.9. The Kier molecular flexibility index (Phi) is 22.8. The number of carbonyl (C=O) groups is 3. The second-order valence-corrected chi connectivity index (χ2v) is 34.3. The molecule has 0 aliphatic carbocycles.